The monoisotopic (exact) mass is 391 g/mol. The fourth-order valence-corrected chi connectivity index (χ4v) is 3.30. The maximum absolute atomic E-state index is 12.6. The maximum atomic E-state index is 12.6. The zero-order valence-electron chi connectivity index (χ0n) is 15.1. The van der Waals surface area contributed by atoms with Gasteiger partial charge in [0.15, 0.2) is 0 Å². The molecule has 5 nitrogen and oxygen atoms in total. The van der Waals surface area contributed by atoms with Crippen molar-refractivity contribution in [3.05, 3.63) is 77.6 Å². The molecule has 0 unspecified atom stereocenters. The van der Waals surface area contributed by atoms with Crippen LogP contribution in [-0.2, 0) is 0 Å². The molecule has 0 radical (unpaired) electrons. The van der Waals surface area contributed by atoms with Gasteiger partial charge in [0.05, 0.1) is 17.7 Å². The van der Waals surface area contributed by atoms with E-state index in [1.165, 1.54) is 0 Å². The standard InChI is InChI=1S/C22H18ClN3O2/c23-17-13-16-7-3-9-24-20(16)18(14-17)22(27)26-11-4-12-28-19-8-1-5-15-6-2-10-25-21(15)19/h1-3,5-10,13-14H,4,11-12H2,(H,26,27). The summed E-state index contributed by atoms with van der Waals surface area (Å²) in [7, 11) is 0. The zero-order valence-corrected chi connectivity index (χ0v) is 15.8. The van der Waals surface area contributed by atoms with Gasteiger partial charge in [-0.3, -0.25) is 14.8 Å². The minimum atomic E-state index is -0.196. The first kappa shape index (κ1) is 18.2. The molecule has 0 aliphatic heterocycles. The molecular weight excluding hydrogens is 374 g/mol. The van der Waals surface area contributed by atoms with Crippen LogP contribution in [0.3, 0.4) is 0 Å². The SMILES string of the molecule is O=C(NCCCOc1cccc2cccnc12)c1cc(Cl)cc2cccnc12. The second-order valence-electron chi connectivity index (χ2n) is 6.32. The summed E-state index contributed by atoms with van der Waals surface area (Å²) in [5.74, 6) is 0.549. The van der Waals surface area contributed by atoms with E-state index in [4.69, 9.17) is 16.3 Å². The molecule has 1 amide bonds. The molecule has 28 heavy (non-hydrogen) atoms. The number of fused-ring (bicyclic) bond motifs is 2. The molecule has 2 aromatic heterocycles. The first-order valence-corrected chi connectivity index (χ1v) is 9.39. The fraction of sp³-hybridized carbons (Fsp3) is 0.136. The van der Waals surface area contributed by atoms with Gasteiger partial charge in [0.1, 0.15) is 11.3 Å². The highest BCUT2D eigenvalue weighted by atomic mass is 35.5. The Hall–Kier alpha value is -3.18. The van der Waals surface area contributed by atoms with E-state index in [0.717, 1.165) is 22.0 Å². The molecule has 0 spiro atoms. The lowest BCUT2D eigenvalue weighted by Gasteiger charge is -2.10. The average molecular weight is 392 g/mol. The second kappa shape index (κ2) is 8.23. The topological polar surface area (TPSA) is 64.1 Å². The number of aromatic nitrogens is 2. The third-order valence-corrected chi connectivity index (χ3v) is 4.59. The largest absolute Gasteiger partial charge is 0.491 e. The summed E-state index contributed by atoms with van der Waals surface area (Å²) < 4.78 is 5.85. The minimum Gasteiger partial charge on any atom is -0.491 e. The van der Waals surface area contributed by atoms with Gasteiger partial charge in [0.25, 0.3) is 5.91 Å². The number of hydrogen-bond acceptors (Lipinski definition) is 4. The molecule has 0 bridgehead atoms. The number of carbonyl (C=O) groups excluding carboxylic acids is 1. The number of halogens is 1. The van der Waals surface area contributed by atoms with Crippen LogP contribution in [-0.4, -0.2) is 29.0 Å². The van der Waals surface area contributed by atoms with Gasteiger partial charge in [-0.15, -0.1) is 0 Å². The van der Waals surface area contributed by atoms with E-state index in [-0.39, 0.29) is 5.91 Å². The molecule has 0 atom stereocenters. The molecule has 140 valence electrons. The molecule has 0 saturated heterocycles. The summed E-state index contributed by atoms with van der Waals surface area (Å²) in [6.07, 6.45) is 4.08. The number of nitrogens with one attached hydrogen (secondary N) is 1. The molecule has 1 N–H and O–H groups in total. The van der Waals surface area contributed by atoms with Crippen molar-refractivity contribution < 1.29 is 9.53 Å². The highest BCUT2D eigenvalue weighted by molar-refractivity contribution is 6.32. The van der Waals surface area contributed by atoms with Gasteiger partial charge >= 0.3 is 0 Å². The summed E-state index contributed by atoms with van der Waals surface area (Å²) in [6.45, 7) is 0.961. The lowest BCUT2D eigenvalue weighted by Crippen LogP contribution is -2.26. The molecule has 0 fully saturated rings. The molecule has 2 aromatic carbocycles. The van der Waals surface area contributed by atoms with E-state index >= 15 is 0 Å². The van der Waals surface area contributed by atoms with Crippen LogP contribution in [0, 0.1) is 0 Å². The Bertz CT molecular complexity index is 1140. The van der Waals surface area contributed by atoms with Crippen LogP contribution in [0.5, 0.6) is 5.75 Å². The predicted molar refractivity (Wildman–Crippen MR) is 111 cm³/mol. The zero-order chi connectivity index (χ0) is 19.3. The lowest BCUT2D eigenvalue weighted by atomic mass is 10.1. The van der Waals surface area contributed by atoms with Crippen molar-refractivity contribution in [1.29, 1.82) is 0 Å². The van der Waals surface area contributed by atoms with E-state index in [9.17, 15) is 4.79 Å². The highest BCUT2D eigenvalue weighted by Gasteiger charge is 2.12. The van der Waals surface area contributed by atoms with Crippen LogP contribution in [0.25, 0.3) is 21.8 Å². The molecule has 4 rings (SSSR count). The van der Waals surface area contributed by atoms with Gasteiger partial charge in [-0.2, -0.15) is 0 Å². The number of ether oxygens (including phenoxy) is 1. The molecule has 0 aliphatic carbocycles. The Kier molecular flexibility index (Phi) is 5.35. The summed E-state index contributed by atoms with van der Waals surface area (Å²) in [5, 5.41) is 5.30. The maximum Gasteiger partial charge on any atom is 0.253 e. The van der Waals surface area contributed by atoms with Gasteiger partial charge in [-0.25, -0.2) is 0 Å². The van der Waals surface area contributed by atoms with Gasteiger partial charge in [0, 0.05) is 34.7 Å². The third-order valence-electron chi connectivity index (χ3n) is 4.37. The number of hydrogen-bond donors (Lipinski definition) is 1. The summed E-state index contributed by atoms with van der Waals surface area (Å²) in [5.41, 5.74) is 1.95. The number of benzene rings is 2. The van der Waals surface area contributed by atoms with Crippen molar-refractivity contribution in [2.75, 3.05) is 13.2 Å². The van der Waals surface area contributed by atoms with Crippen LogP contribution in [0.2, 0.25) is 5.02 Å². The number of carbonyl (C=O) groups is 1. The highest BCUT2D eigenvalue weighted by Crippen LogP contribution is 2.23. The van der Waals surface area contributed by atoms with Crippen LogP contribution < -0.4 is 10.1 Å². The quantitative estimate of drug-likeness (QED) is 0.486. The van der Waals surface area contributed by atoms with Crippen molar-refractivity contribution in [2.45, 2.75) is 6.42 Å². The van der Waals surface area contributed by atoms with Gasteiger partial charge in [0.2, 0.25) is 0 Å². The normalized spacial score (nSPS) is 10.9. The van der Waals surface area contributed by atoms with Crippen LogP contribution in [0.1, 0.15) is 16.8 Å². The number of amides is 1. The fourth-order valence-electron chi connectivity index (χ4n) is 3.07. The lowest BCUT2D eigenvalue weighted by molar-refractivity contribution is 0.0953. The number of rotatable bonds is 6. The Morgan fingerprint density at radius 2 is 1.71 bits per heavy atom. The molecule has 6 heteroatoms. The van der Waals surface area contributed by atoms with Crippen molar-refractivity contribution in [2.24, 2.45) is 0 Å². The summed E-state index contributed by atoms with van der Waals surface area (Å²) in [6, 6.07) is 16.9. The molecule has 2 heterocycles. The first-order chi connectivity index (χ1) is 13.7. The average Bonchev–Trinajstić information content (AvgIpc) is 2.72. The molecule has 0 saturated carbocycles. The smallest absolute Gasteiger partial charge is 0.253 e. The van der Waals surface area contributed by atoms with Gasteiger partial charge < -0.3 is 10.1 Å². The number of nitrogens with zero attached hydrogens (tertiary/aromatic N) is 2. The molecular formula is C22H18ClN3O2. The van der Waals surface area contributed by atoms with E-state index in [1.807, 2.05) is 42.5 Å². The minimum absolute atomic E-state index is 0.196. The van der Waals surface area contributed by atoms with Crippen molar-refractivity contribution in [3.63, 3.8) is 0 Å². The van der Waals surface area contributed by atoms with E-state index < -0.39 is 0 Å². The summed E-state index contributed by atoms with van der Waals surface area (Å²) in [4.78, 5) is 21.2. The van der Waals surface area contributed by atoms with Crippen molar-refractivity contribution in [1.82, 2.24) is 15.3 Å². The molecule has 4 aromatic rings. The van der Waals surface area contributed by atoms with Gasteiger partial charge in [-0.05, 0) is 36.8 Å². The summed E-state index contributed by atoms with van der Waals surface area (Å²) >= 11 is 6.13. The Balaban J connectivity index is 1.35. The van der Waals surface area contributed by atoms with Crippen LogP contribution in [0.4, 0.5) is 0 Å². The van der Waals surface area contributed by atoms with Crippen LogP contribution in [0.15, 0.2) is 67.0 Å². The van der Waals surface area contributed by atoms with Gasteiger partial charge in [-0.1, -0.05) is 35.9 Å². The van der Waals surface area contributed by atoms with E-state index in [0.29, 0.717) is 35.7 Å². The van der Waals surface area contributed by atoms with E-state index in [1.54, 1.807) is 24.5 Å². The van der Waals surface area contributed by atoms with E-state index in [2.05, 4.69) is 15.3 Å². The predicted octanol–water partition coefficient (Wildman–Crippen LogP) is 4.64. The third kappa shape index (κ3) is 3.89. The number of para-hydroxylation sites is 1. The van der Waals surface area contributed by atoms with Crippen molar-refractivity contribution in [3.8, 4) is 5.75 Å². The number of pyridine rings is 2. The molecule has 0 aliphatic rings. The van der Waals surface area contributed by atoms with Crippen LogP contribution >= 0.6 is 11.6 Å². The Labute approximate surface area is 167 Å². The Morgan fingerprint density at radius 3 is 2.57 bits per heavy atom. The Morgan fingerprint density at radius 1 is 0.964 bits per heavy atom. The second-order valence-corrected chi connectivity index (χ2v) is 6.75. The first-order valence-electron chi connectivity index (χ1n) is 9.01. The van der Waals surface area contributed by atoms with Crippen molar-refractivity contribution >= 4 is 39.3 Å².